The second kappa shape index (κ2) is 7.19. The number of rotatable bonds is 4. The quantitative estimate of drug-likeness (QED) is 0.717. The van der Waals surface area contributed by atoms with Crippen molar-refractivity contribution in [1.29, 1.82) is 0 Å². The highest BCUT2D eigenvalue weighted by molar-refractivity contribution is 5.86. The molecule has 1 saturated carbocycles. The van der Waals surface area contributed by atoms with Crippen molar-refractivity contribution < 1.29 is 9.90 Å². The second-order valence-corrected chi connectivity index (χ2v) is 5.10. The monoisotopic (exact) mass is 264 g/mol. The van der Waals surface area contributed by atoms with Gasteiger partial charge in [-0.3, -0.25) is 4.79 Å². The summed E-state index contributed by atoms with van der Waals surface area (Å²) in [5, 5.41) is 12.6. The van der Waals surface area contributed by atoms with Gasteiger partial charge >= 0.3 is 0 Å². The SMILES string of the molecule is CCCC(C)(N)C(=O)N[C@@H]1CCCC[C@H]1O.Cl. The van der Waals surface area contributed by atoms with Crippen LogP contribution in [0.1, 0.15) is 52.4 Å². The van der Waals surface area contributed by atoms with Gasteiger partial charge in [-0.15, -0.1) is 12.4 Å². The second-order valence-electron chi connectivity index (χ2n) is 5.10. The van der Waals surface area contributed by atoms with Crippen LogP contribution in [0.4, 0.5) is 0 Å². The molecule has 1 rings (SSSR count). The van der Waals surface area contributed by atoms with Gasteiger partial charge < -0.3 is 16.2 Å². The van der Waals surface area contributed by atoms with Crippen LogP contribution in [0.25, 0.3) is 0 Å². The number of amides is 1. The Kier molecular flexibility index (Phi) is 7.05. The van der Waals surface area contributed by atoms with E-state index >= 15 is 0 Å². The molecule has 0 bridgehead atoms. The first kappa shape index (κ1) is 16.7. The van der Waals surface area contributed by atoms with Crippen LogP contribution in [-0.4, -0.2) is 28.7 Å². The van der Waals surface area contributed by atoms with Crippen LogP contribution in [0, 0.1) is 0 Å². The molecular weight excluding hydrogens is 240 g/mol. The fourth-order valence-electron chi connectivity index (χ4n) is 2.25. The zero-order chi connectivity index (χ0) is 12.2. The molecule has 0 aromatic rings. The molecule has 4 N–H and O–H groups in total. The zero-order valence-electron chi connectivity index (χ0n) is 10.7. The Morgan fingerprint density at radius 2 is 2.06 bits per heavy atom. The predicted molar refractivity (Wildman–Crippen MR) is 71.2 cm³/mol. The predicted octanol–water partition coefficient (Wildman–Crippen LogP) is 1.35. The van der Waals surface area contributed by atoms with E-state index in [1.807, 2.05) is 6.92 Å². The molecule has 1 aliphatic rings. The first-order chi connectivity index (χ1) is 7.47. The van der Waals surface area contributed by atoms with Crippen LogP contribution in [0.5, 0.6) is 0 Å². The maximum absolute atomic E-state index is 11.9. The number of nitrogens with two attached hydrogens (primary N) is 1. The Hall–Kier alpha value is -0.320. The molecule has 1 aliphatic carbocycles. The summed E-state index contributed by atoms with van der Waals surface area (Å²) in [6.45, 7) is 3.76. The third kappa shape index (κ3) is 4.82. The first-order valence-electron chi connectivity index (χ1n) is 6.25. The Balaban J connectivity index is 0.00000256. The molecule has 0 spiro atoms. The van der Waals surface area contributed by atoms with E-state index in [4.69, 9.17) is 5.73 Å². The number of aliphatic hydroxyl groups excluding tert-OH is 1. The summed E-state index contributed by atoms with van der Waals surface area (Å²) in [7, 11) is 0. The molecule has 102 valence electrons. The van der Waals surface area contributed by atoms with Gasteiger partial charge in [0.15, 0.2) is 0 Å². The van der Waals surface area contributed by atoms with Crippen molar-refractivity contribution >= 4 is 18.3 Å². The minimum Gasteiger partial charge on any atom is -0.391 e. The average Bonchev–Trinajstić information content (AvgIpc) is 2.21. The van der Waals surface area contributed by atoms with E-state index in [2.05, 4.69) is 5.32 Å². The number of carbonyl (C=O) groups is 1. The molecule has 5 heteroatoms. The van der Waals surface area contributed by atoms with Crippen LogP contribution >= 0.6 is 12.4 Å². The minimum absolute atomic E-state index is 0. The van der Waals surface area contributed by atoms with Crippen LogP contribution in [0.2, 0.25) is 0 Å². The average molecular weight is 265 g/mol. The highest BCUT2D eigenvalue weighted by Gasteiger charge is 2.31. The van der Waals surface area contributed by atoms with Crippen LogP contribution in [0.3, 0.4) is 0 Å². The molecule has 1 unspecified atom stereocenters. The Labute approximate surface area is 110 Å². The fourth-order valence-corrected chi connectivity index (χ4v) is 2.25. The van der Waals surface area contributed by atoms with Gasteiger partial charge in [0.1, 0.15) is 0 Å². The Morgan fingerprint density at radius 3 is 2.59 bits per heavy atom. The summed E-state index contributed by atoms with van der Waals surface area (Å²) in [6, 6.07) is -0.110. The third-order valence-corrected chi connectivity index (χ3v) is 3.33. The lowest BCUT2D eigenvalue weighted by Crippen LogP contribution is -2.56. The van der Waals surface area contributed by atoms with Crippen LogP contribution in [-0.2, 0) is 4.79 Å². The lowest BCUT2D eigenvalue weighted by molar-refractivity contribution is -0.128. The third-order valence-electron chi connectivity index (χ3n) is 3.33. The van der Waals surface area contributed by atoms with Gasteiger partial charge in [-0.05, 0) is 26.2 Å². The first-order valence-corrected chi connectivity index (χ1v) is 6.25. The summed E-state index contributed by atoms with van der Waals surface area (Å²) in [5.74, 6) is -0.139. The molecule has 0 aliphatic heterocycles. The van der Waals surface area contributed by atoms with E-state index in [-0.39, 0.29) is 24.4 Å². The zero-order valence-corrected chi connectivity index (χ0v) is 11.6. The standard InChI is InChI=1S/C12H24N2O2.ClH/c1-3-8-12(2,13)11(16)14-9-6-4-5-7-10(9)15;/h9-10,15H,3-8,13H2,1-2H3,(H,14,16);1H/t9-,10-,12?;/m1./s1. The van der Waals surface area contributed by atoms with Gasteiger partial charge in [-0.25, -0.2) is 0 Å². The van der Waals surface area contributed by atoms with E-state index in [1.165, 1.54) is 0 Å². The molecule has 0 aromatic carbocycles. The van der Waals surface area contributed by atoms with E-state index in [1.54, 1.807) is 6.92 Å². The molecule has 17 heavy (non-hydrogen) atoms. The topological polar surface area (TPSA) is 75.4 Å². The summed E-state index contributed by atoms with van der Waals surface area (Å²) in [4.78, 5) is 11.9. The fraction of sp³-hybridized carbons (Fsp3) is 0.917. The van der Waals surface area contributed by atoms with Crippen molar-refractivity contribution in [1.82, 2.24) is 5.32 Å². The minimum atomic E-state index is -0.814. The molecule has 0 saturated heterocycles. The number of carbonyl (C=O) groups excluding carboxylic acids is 1. The van der Waals surface area contributed by atoms with Crippen molar-refractivity contribution in [2.45, 2.75) is 70.1 Å². The van der Waals surface area contributed by atoms with Gasteiger partial charge in [-0.2, -0.15) is 0 Å². The van der Waals surface area contributed by atoms with Crippen molar-refractivity contribution in [2.75, 3.05) is 0 Å². The molecular formula is C12H25ClN2O2. The Bertz CT molecular complexity index is 247. The van der Waals surface area contributed by atoms with Gasteiger partial charge in [0.2, 0.25) is 5.91 Å². The van der Waals surface area contributed by atoms with Gasteiger partial charge in [-0.1, -0.05) is 26.2 Å². The maximum atomic E-state index is 11.9. The number of halogens is 1. The molecule has 0 aromatic heterocycles. The number of nitrogens with one attached hydrogen (secondary N) is 1. The van der Waals surface area contributed by atoms with E-state index in [0.29, 0.717) is 6.42 Å². The van der Waals surface area contributed by atoms with E-state index in [0.717, 1.165) is 32.1 Å². The summed E-state index contributed by atoms with van der Waals surface area (Å²) >= 11 is 0. The molecule has 0 radical (unpaired) electrons. The lowest BCUT2D eigenvalue weighted by atomic mass is 9.90. The molecule has 4 nitrogen and oxygen atoms in total. The van der Waals surface area contributed by atoms with Gasteiger partial charge in [0.25, 0.3) is 0 Å². The van der Waals surface area contributed by atoms with E-state index in [9.17, 15) is 9.90 Å². The largest absolute Gasteiger partial charge is 0.391 e. The lowest BCUT2D eigenvalue weighted by Gasteiger charge is -2.32. The molecule has 1 fully saturated rings. The summed E-state index contributed by atoms with van der Waals surface area (Å²) in [5.41, 5.74) is 5.13. The summed E-state index contributed by atoms with van der Waals surface area (Å²) in [6.07, 6.45) is 4.89. The smallest absolute Gasteiger partial charge is 0.240 e. The normalized spacial score (nSPS) is 27.8. The summed E-state index contributed by atoms with van der Waals surface area (Å²) < 4.78 is 0. The Morgan fingerprint density at radius 1 is 1.47 bits per heavy atom. The highest BCUT2D eigenvalue weighted by Crippen LogP contribution is 2.19. The van der Waals surface area contributed by atoms with Crippen molar-refractivity contribution in [2.24, 2.45) is 5.73 Å². The highest BCUT2D eigenvalue weighted by atomic mass is 35.5. The number of aliphatic hydroxyl groups is 1. The van der Waals surface area contributed by atoms with Crippen molar-refractivity contribution in [3.8, 4) is 0 Å². The van der Waals surface area contributed by atoms with Crippen LogP contribution in [0.15, 0.2) is 0 Å². The molecule has 0 heterocycles. The van der Waals surface area contributed by atoms with E-state index < -0.39 is 11.6 Å². The molecule has 1 amide bonds. The maximum Gasteiger partial charge on any atom is 0.240 e. The van der Waals surface area contributed by atoms with Gasteiger partial charge in [0, 0.05) is 0 Å². The van der Waals surface area contributed by atoms with Gasteiger partial charge in [0.05, 0.1) is 17.7 Å². The van der Waals surface area contributed by atoms with Crippen molar-refractivity contribution in [3.63, 3.8) is 0 Å². The van der Waals surface area contributed by atoms with Crippen molar-refractivity contribution in [3.05, 3.63) is 0 Å². The molecule has 3 atom stereocenters. The number of hydrogen-bond acceptors (Lipinski definition) is 3. The van der Waals surface area contributed by atoms with Crippen LogP contribution < -0.4 is 11.1 Å². The number of hydrogen-bond donors (Lipinski definition) is 3.